The summed E-state index contributed by atoms with van der Waals surface area (Å²) < 4.78 is 0. The minimum atomic E-state index is 0.227. The number of hydrogen-bond acceptors (Lipinski definition) is 3. The van der Waals surface area contributed by atoms with Gasteiger partial charge in [0, 0.05) is 29.8 Å². The van der Waals surface area contributed by atoms with Crippen LogP contribution in [0.15, 0.2) is 36.7 Å². The van der Waals surface area contributed by atoms with Crippen molar-refractivity contribution in [2.45, 2.75) is 39.0 Å². The van der Waals surface area contributed by atoms with Crippen LogP contribution in [0.1, 0.15) is 49.4 Å². The van der Waals surface area contributed by atoms with E-state index in [-0.39, 0.29) is 5.78 Å². The molecule has 2 rings (SSSR count). The first-order chi connectivity index (χ1) is 10.3. The number of hydrogen-bond donors (Lipinski definition) is 1. The van der Waals surface area contributed by atoms with E-state index in [1.165, 1.54) is 0 Å². The molecule has 1 aromatic carbocycles. The normalized spacial score (nSPS) is 12.5. The van der Waals surface area contributed by atoms with Gasteiger partial charge in [0.1, 0.15) is 0 Å². The second-order valence-electron chi connectivity index (χ2n) is 5.60. The van der Waals surface area contributed by atoms with Crippen molar-refractivity contribution in [1.82, 2.24) is 4.98 Å². The van der Waals surface area contributed by atoms with Crippen LogP contribution in [0.25, 0.3) is 10.8 Å². The van der Waals surface area contributed by atoms with Crippen LogP contribution < -0.4 is 5.73 Å². The van der Waals surface area contributed by atoms with Gasteiger partial charge < -0.3 is 5.73 Å². The van der Waals surface area contributed by atoms with Crippen LogP contribution >= 0.6 is 0 Å². The van der Waals surface area contributed by atoms with Crippen LogP contribution in [0.4, 0.5) is 0 Å². The van der Waals surface area contributed by atoms with Gasteiger partial charge in [0.15, 0.2) is 5.78 Å². The standard InChI is InChI=1S/C18H24N2O/c1-2-4-14(9-11-19)7-8-18(21)17-6-3-5-15-13-20-12-10-16(15)17/h3,5-6,10,12-14H,2,4,7-9,11,19H2,1H3. The Bertz CT molecular complexity index is 583. The highest BCUT2D eigenvalue weighted by atomic mass is 16.1. The minimum absolute atomic E-state index is 0.227. The number of ketones is 1. The number of pyridine rings is 1. The number of carbonyl (C=O) groups is 1. The first-order valence-corrected chi connectivity index (χ1v) is 7.82. The number of rotatable bonds is 8. The third-order valence-corrected chi connectivity index (χ3v) is 4.03. The maximum Gasteiger partial charge on any atom is 0.163 e. The molecule has 1 unspecified atom stereocenters. The highest BCUT2D eigenvalue weighted by Crippen LogP contribution is 2.22. The van der Waals surface area contributed by atoms with Gasteiger partial charge in [-0.2, -0.15) is 0 Å². The monoisotopic (exact) mass is 284 g/mol. The van der Waals surface area contributed by atoms with E-state index in [9.17, 15) is 4.79 Å². The predicted octanol–water partition coefficient (Wildman–Crippen LogP) is 3.96. The molecule has 3 heteroatoms. The summed E-state index contributed by atoms with van der Waals surface area (Å²) in [6.45, 7) is 2.89. The Balaban J connectivity index is 2.08. The van der Waals surface area contributed by atoms with E-state index in [0.29, 0.717) is 18.9 Å². The molecule has 112 valence electrons. The van der Waals surface area contributed by atoms with Crippen LogP contribution in [-0.2, 0) is 0 Å². The third-order valence-electron chi connectivity index (χ3n) is 4.03. The molecule has 2 aromatic rings. The van der Waals surface area contributed by atoms with Crippen LogP contribution in [0, 0.1) is 5.92 Å². The second-order valence-corrected chi connectivity index (χ2v) is 5.60. The molecule has 0 saturated carbocycles. The lowest BCUT2D eigenvalue weighted by molar-refractivity contribution is 0.0974. The molecule has 0 radical (unpaired) electrons. The molecule has 0 spiro atoms. The molecule has 21 heavy (non-hydrogen) atoms. The summed E-state index contributed by atoms with van der Waals surface area (Å²) in [6, 6.07) is 7.77. The fourth-order valence-electron chi connectivity index (χ4n) is 2.91. The van der Waals surface area contributed by atoms with E-state index in [4.69, 9.17) is 5.73 Å². The largest absolute Gasteiger partial charge is 0.330 e. The number of nitrogens with two attached hydrogens (primary N) is 1. The predicted molar refractivity (Wildman–Crippen MR) is 87.4 cm³/mol. The molecule has 0 aliphatic rings. The molecule has 0 bridgehead atoms. The summed E-state index contributed by atoms with van der Waals surface area (Å²) in [7, 11) is 0. The maximum atomic E-state index is 12.5. The van der Waals surface area contributed by atoms with Gasteiger partial charge in [0.25, 0.3) is 0 Å². The molecule has 0 saturated heterocycles. The molecule has 1 heterocycles. The summed E-state index contributed by atoms with van der Waals surface area (Å²) >= 11 is 0. The number of benzene rings is 1. The topological polar surface area (TPSA) is 56.0 Å². The molecular formula is C18H24N2O. The number of nitrogens with zero attached hydrogens (tertiary/aromatic N) is 1. The fraction of sp³-hybridized carbons (Fsp3) is 0.444. The Hall–Kier alpha value is -1.74. The van der Waals surface area contributed by atoms with Gasteiger partial charge >= 0.3 is 0 Å². The first-order valence-electron chi connectivity index (χ1n) is 7.82. The number of carbonyl (C=O) groups excluding carboxylic acids is 1. The summed E-state index contributed by atoms with van der Waals surface area (Å²) in [4.78, 5) is 16.6. The fourth-order valence-corrected chi connectivity index (χ4v) is 2.91. The zero-order valence-corrected chi connectivity index (χ0v) is 12.7. The molecule has 3 nitrogen and oxygen atoms in total. The van der Waals surface area contributed by atoms with Crippen molar-refractivity contribution in [2.75, 3.05) is 6.54 Å². The quantitative estimate of drug-likeness (QED) is 0.746. The molecule has 0 fully saturated rings. The van der Waals surface area contributed by atoms with E-state index in [1.54, 1.807) is 12.4 Å². The Labute approximate surface area is 126 Å². The number of Topliss-reactive ketones (excluding diaryl/α,β-unsaturated/α-hetero) is 1. The maximum absolute atomic E-state index is 12.5. The number of fused-ring (bicyclic) bond motifs is 1. The highest BCUT2D eigenvalue weighted by Gasteiger charge is 2.13. The van der Waals surface area contributed by atoms with Crippen molar-refractivity contribution >= 4 is 16.6 Å². The van der Waals surface area contributed by atoms with Crippen molar-refractivity contribution in [3.63, 3.8) is 0 Å². The SMILES string of the molecule is CCCC(CCN)CCC(=O)c1cccc2cnccc12. The Kier molecular flexibility index (Phi) is 5.88. The summed E-state index contributed by atoms with van der Waals surface area (Å²) in [5.74, 6) is 0.797. The van der Waals surface area contributed by atoms with Gasteiger partial charge in [0.2, 0.25) is 0 Å². The van der Waals surface area contributed by atoms with Gasteiger partial charge in [0.05, 0.1) is 0 Å². The molecular weight excluding hydrogens is 260 g/mol. The smallest absolute Gasteiger partial charge is 0.163 e. The van der Waals surface area contributed by atoms with Gasteiger partial charge in [-0.15, -0.1) is 0 Å². The van der Waals surface area contributed by atoms with Crippen LogP contribution in [0.3, 0.4) is 0 Å². The van der Waals surface area contributed by atoms with Crippen molar-refractivity contribution in [3.05, 3.63) is 42.2 Å². The van der Waals surface area contributed by atoms with Crippen molar-refractivity contribution in [2.24, 2.45) is 11.7 Å². The third kappa shape index (κ3) is 4.11. The van der Waals surface area contributed by atoms with Crippen molar-refractivity contribution < 1.29 is 4.79 Å². The van der Waals surface area contributed by atoms with E-state index in [1.807, 2.05) is 24.3 Å². The zero-order valence-electron chi connectivity index (χ0n) is 12.7. The van der Waals surface area contributed by atoms with Gasteiger partial charge in [-0.1, -0.05) is 38.0 Å². The Morgan fingerprint density at radius 1 is 1.24 bits per heavy atom. The Morgan fingerprint density at radius 2 is 2.10 bits per heavy atom. The lowest BCUT2D eigenvalue weighted by Gasteiger charge is -2.14. The molecule has 1 atom stereocenters. The van der Waals surface area contributed by atoms with Gasteiger partial charge in [-0.05, 0) is 36.8 Å². The number of aromatic nitrogens is 1. The summed E-state index contributed by atoms with van der Waals surface area (Å²) in [5, 5.41) is 2.03. The molecule has 0 aliphatic heterocycles. The average molecular weight is 284 g/mol. The minimum Gasteiger partial charge on any atom is -0.330 e. The van der Waals surface area contributed by atoms with E-state index < -0.39 is 0 Å². The van der Waals surface area contributed by atoms with E-state index >= 15 is 0 Å². The molecule has 1 aromatic heterocycles. The average Bonchev–Trinajstić information content (AvgIpc) is 2.52. The van der Waals surface area contributed by atoms with Crippen LogP contribution in [-0.4, -0.2) is 17.3 Å². The second kappa shape index (κ2) is 7.89. The van der Waals surface area contributed by atoms with E-state index in [0.717, 1.165) is 42.0 Å². The van der Waals surface area contributed by atoms with E-state index in [2.05, 4.69) is 11.9 Å². The summed E-state index contributed by atoms with van der Waals surface area (Å²) in [6.07, 6.45) is 8.41. The van der Waals surface area contributed by atoms with Crippen LogP contribution in [0.5, 0.6) is 0 Å². The molecule has 2 N–H and O–H groups in total. The van der Waals surface area contributed by atoms with Gasteiger partial charge in [-0.3, -0.25) is 9.78 Å². The Morgan fingerprint density at radius 3 is 2.86 bits per heavy atom. The van der Waals surface area contributed by atoms with Gasteiger partial charge in [-0.25, -0.2) is 0 Å². The van der Waals surface area contributed by atoms with Crippen molar-refractivity contribution in [3.8, 4) is 0 Å². The lowest BCUT2D eigenvalue weighted by Crippen LogP contribution is -2.11. The first kappa shape index (κ1) is 15.6. The highest BCUT2D eigenvalue weighted by molar-refractivity contribution is 6.07. The van der Waals surface area contributed by atoms with Crippen LogP contribution in [0.2, 0.25) is 0 Å². The zero-order chi connectivity index (χ0) is 15.1. The molecule has 0 amide bonds. The van der Waals surface area contributed by atoms with Crippen molar-refractivity contribution in [1.29, 1.82) is 0 Å². The summed E-state index contributed by atoms with van der Waals surface area (Å²) in [5.41, 5.74) is 6.48. The lowest BCUT2D eigenvalue weighted by atomic mass is 9.91. The molecule has 0 aliphatic carbocycles.